The first-order valence-electron chi connectivity index (χ1n) is 9.11. The minimum Gasteiger partial charge on any atom is -0.505 e. The molecule has 0 saturated heterocycles. The van der Waals surface area contributed by atoms with E-state index in [2.05, 4.69) is 25.1 Å². The van der Waals surface area contributed by atoms with Crippen LogP contribution in [0.15, 0.2) is 36.4 Å². The highest BCUT2D eigenvalue weighted by atomic mass is 35.5. The fourth-order valence-corrected chi connectivity index (χ4v) is 2.76. The monoisotopic (exact) mass is 428 g/mol. The summed E-state index contributed by atoms with van der Waals surface area (Å²) in [4.78, 5) is 13.5. The summed E-state index contributed by atoms with van der Waals surface area (Å²) in [7, 11) is 0. The Labute approximate surface area is 176 Å². The highest BCUT2D eigenvalue weighted by molar-refractivity contribution is 6.31. The van der Waals surface area contributed by atoms with Crippen molar-refractivity contribution >= 4 is 22.6 Å². The van der Waals surface area contributed by atoms with E-state index in [0.29, 0.717) is 40.7 Å². The van der Waals surface area contributed by atoms with Gasteiger partial charge >= 0.3 is 18.0 Å². The lowest BCUT2D eigenvalue weighted by Crippen LogP contribution is -2.05. The zero-order chi connectivity index (χ0) is 21.1. The molecule has 0 amide bonds. The number of fused-ring (bicyclic) bond motifs is 1. The van der Waals surface area contributed by atoms with E-state index in [1.165, 1.54) is 10.9 Å². The lowest BCUT2D eigenvalue weighted by molar-refractivity contribution is 0.268. The second-order valence-electron chi connectivity index (χ2n) is 5.92. The summed E-state index contributed by atoms with van der Waals surface area (Å²) in [5.74, 6) is 0.204. The fraction of sp³-hybridized carbons (Fsp3) is 0.211. The quantitative estimate of drug-likeness (QED) is 0.471. The molecule has 0 fully saturated rings. The normalized spacial score (nSPS) is 10.9. The van der Waals surface area contributed by atoms with Gasteiger partial charge in [0.15, 0.2) is 0 Å². The highest BCUT2D eigenvalue weighted by Gasteiger charge is 2.14. The van der Waals surface area contributed by atoms with Crippen molar-refractivity contribution in [2.45, 2.75) is 13.8 Å². The molecule has 0 aliphatic heterocycles. The van der Waals surface area contributed by atoms with Gasteiger partial charge in [0.1, 0.15) is 28.2 Å². The van der Waals surface area contributed by atoms with E-state index >= 15 is 0 Å². The van der Waals surface area contributed by atoms with Crippen molar-refractivity contribution in [1.82, 2.24) is 29.9 Å². The Balaban J connectivity index is 1.61. The standard InChI is InChI=1S/C19H17ClN6O4/c1-3-28-17-21-18(29-4-2)23-19(22-17)30-12-6-8-15(16(27)10-12)26-24-13-7-5-11(20)9-14(13)25-26/h5-10,27H,3-4H2,1-2H3. The molecule has 4 rings (SSSR count). The highest BCUT2D eigenvalue weighted by Crippen LogP contribution is 2.30. The van der Waals surface area contributed by atoms with Crippen LogP contribution in [0, 0.1) is 0 Å². The molecule has 0 unspecified atom stereocenters. The van der Waals surface area contributed by atoms with Crippen molar-refractivity contribution in [3.05, 3.63) is 41.4 Å². The van der Waals surface area contributed by atoms with E-state index in [1.807, 2.05) is 13.8 Å². The molecule has 2 heterocycles. The molecule has 4 aromatic rings. The van der Waals surface area contributed by atoms with Gasteiger partial charge in [0.05, 0.1) is 13.2 Å². The SMILES string of the molecule is CCOc1nc(OCC)nc(Oc2ccc(-n3nc4ccc(Cl)cc4n3)c(O)c2)n1. The number of nitrogens with zero attached hydrogens (tertiary/aromatic N) is 6. The summed E-state index contributed by atoms with van der Waals surface area (Å²) in [6.07, 6.45) is 0. The van der Waals surface area contributed by atoms with Gasteiger partial charge in [-0.1, -0.05) is 11.6 Å². The molecule has 30 heavy (non-hydrogen) atoms. The maximum atomic E-state index is 10.5. The van der Waals surface area contributed by atoms with Gasteiger partial charge in [-0.15, -0.1) is 29.9 Å². The summed E-state index contributed by atoms with van der Waals surface area (Å²) < 4.78 is 16.3. The van der Waals surface area contributed by atoms with Gasteiger partial charge in [-0.3, -0.25) is 0 Å². The number of aromatic nitrogens is 6. The van der Waals surface area contributed by atoms with E-state index in [-0.39, 0.29) is 23.8 Å². The number of halogens is 1. The summed E-state index contributed by atoms with van der Waals surface area (Å²) in [5, 5.41) is 19.7. The van der Waals surface area contributed by atoms with Crippen molar-refractivity contribution in [3.8, 4) is 35.2 Å². The molecule has 154 valence electrons. The molecule has 0 radical (unpaired) electrons. The maximum absolute atomic E-state index is 10.5. The summed E-state index contributed by atoms with van der Waals surface area (Å²) in [5.41, 5.74) is 1.63. The van der Waals surface area contributed by atoms with Crippen LogP contribution in [0.25, 0.3) is 16.7 Å². The van der Waals surface area contributed by atoms with E-state index in [9.17, 15) is 5.11 Å². The molecule has 11 heteroatoms. The second kappa shape index (κ2) is 8.37. The van der Waals surface area contributed by atoms with Crippen LogP contribution >= 0.6 is 11.6 Å². The average Bonchev–Trinajstić information content (AvgIpc) is 3.11. The predicted octanol–water partition coefficient (Wildman–Crippen LogP) is 3.55. The molecule has 0 aliphatic rings. The smallest absolute Gasteiger partial charge is 0.331 e. The molecule has 10 nitrogen and oxygen atoms in total. The molecule has 0 saturated carbocycles. The number of rotatable bonds is 7. The first kappa shape index (κ1) is 19.6. The van der Waals surface area contributed by atoms with Crippen LogP contribution in [0.2, 0.25) is 5.02 Å². The Morgan fingerprint density at radius 3 is 2.20 bits per heavy atom. The lowest BCUT2D eigenvalue weighted by atomic mass is 10.3. The van der Waals surface area contributed by atoms with E-state index in [0.717, 1.165) is 0 Å². The largest absolute Gasteiger partial charge is 0.505 e. The predicted molar refractivity (Wildman–Crippen MR) is 108 cm³/mol. The van der Waals surface area contributed by atoms with Crippen LogP contribution in [0.1, 0.15) is 13.8 Å². The van der Waals surface area contributed by atoms with Crippen LogP contribution in [-0.2, 0) is 0 Å². The zero-order valence-corrected chi connectivity index (χ0v) is 16.9. The van der Waals surface area contributed by atoms with Crippen LogP contribution < -0.4 is 14.2 Å². The van der Waals surface area contributed by atoms with Crippen molar-refractivity contribution in [3.63, 3.8) is 0 Å². The maximum Gasteiger partial charge on any atom is 0.331 e. The molecule has 0 atom stereocenters. The lowest BCUT2D eigenvalue weighted by Gasteiger charge is -2.09. The Kier molecular flexibility index (Phi) is 5.48. The number of phenolic OH excluding ortho intramolecular Hbond substituents is 1. The van der Waals surface area contributed by atoms with E-state index in [4.69, 9.17) is 25.8 Å². The van der Waals surface area contributed by atoms with Crippen molar-refractivity contribution < 1.29 is 19.3 Å². The number of aromatic hydroxyl groups is 1. The fourth-order valence-electron chi connectivity index (χ4n) is 2.59. The number of ether oxygens (including phenoxy) is 3. The Morgan fingerprint density at radius 1 is 0.867 bits per heavy atom. The van der Waals surface area contributed by atoms with Crippen LogP contribution in [0.5, 0.6) is 29.5 Å². The molecular weight excluding hydrogens is 412 g/mol. The number of hydrogen-bond acceptors (Lipinski definition) is 9. The van der Waals surface area contributed by atoms with Crippen LogP contribution in [0.3, 0.4) is 0 Å². The average molecular weight is 429 g/mol. The van der Waals surface area contributed by atoms with Crippen molar-refractivity contribution in [1.29, 1.82) is 0 Å². The molecule has 0 bridgehead atoms. The van der Waals surface area contributed by atoms with E-state index in [1.54, 1.807) is 30.3 Å². The topological polar surface area (TPSA) is 117 Å². The summed E-state index contributed by atoms with van der Waals surface area (Å²) in [6, 6.07) is 9.95. The third-order valence-electron chi connectivity index (χ3n) is 3.83. The first-order chi connectivity index (χ1) is 14.6. The summed E-state index contributed by atoms with van der Waals surface area (Å²) >= 11 is 5.99. The van der Waals surface area contributed by atoms with Gasteiger partial charge in [-0.05, 0) is 44.2 Å². The number of hydrogen-bond donors (Lipinski definition) is 1. The first-order valence-corrected chi connectivity index (χ1v) is 9.49. The minimum absolute atomic E-state index is 0.0263. The van der Waals surface area contributed by atoms with Crippen molar-refractivity contribution in [2.75, 3.05) is 13.2 Å². The number of benzene rings is 2. The second-order valence-corrected chi connectivity index (χ2v) is 6.36. The van der Waals surface area contributed by atoms with Crippen LogP contribution in [0.4, 0.5) is 0 Å². The Morgan fingerprint density at radius 2 is 1.53 bits per heavy atom. The molecule has 0 spiro atoms. The number of phenols is 1. The minimum atomic E-state index is -0.0944. The van der Waals surface area contributed by atoms with Gasteiger partial charge in [0.2, 0.25) is 0 Å². The van der Waals surface area contributed by atoms with Gasteiger partial charge < -0.3 is 19.3 Å². The van der Waals surface area contributed by atoms with E-state index < -0.39 is 0 Å². The van der Waals surface area contributed by atoms with Gasteiger partial charge in [-0.2, -0.15) is 0 Å². The Bertz CT molecular complexity index is 1170. The third-order valence-corrected chi connectivity index (χ3v) is 4.07. The molecule has 2 aromatic heterocycles. The van der Waals surface area contributed by atoms with Crippen molar-refractivity contribution in [2.24, 2.45) is 0 Å². The van der Waals surface area contributed by atoms with Crippen LogP contribution in [-0.4, -0.2) is 48.3 Å². The van der Waals surface area contributed by atoms with Gasteiger partial charge in [0, 0.05) is 11.1 Å². The zero-order valence-electron chi connectivity index (χ0n) is 16.1. The molecule has 1 N–H and O–H groups in total. The van der Waals surface area contributed by atoms with Gasteiger partial charge in [0.25, 0.3) is 0 Å². The molecular formula is C19H17ClN6O4. The molecule has 2 aromatic carbocycles. The third kappa shape index (κ3) is 4.18. The molecule has 0 aliphatic carbocycles. The summed E-state index contributed by atoms with van der Waals surface area (Å²) in [6.45, 7) is 4.37. The van der Waals surface area contributed by atoms with Gasteiger partial charge in [-0.25, -0.2) is 0 Å². The Hall–Kier alpha value is -3.66.